The molecule has 0 fully saturated rings. The van der Waals surface area contributed by atoms with Gasteiger partial charge in [-0.25, -0.2) is 0 Å². The molecule has 0 radical (unpaired) electrons. The fourth-order valence-electron chi connectivity index (χ4n) is 2.27. The molecule has 3 rings (SSSR count). The van der Waals surface area contributed by atoms with Gasteiger partial charge < -0.3 is 9.47 Å². The van der Waals surface area contributed by atoms with Crippen molar-refractivity contribution in [2.75, 3.05) is 13.2 Å². The summed E-state index contributed by atoms with van der Waals surface area (Å²) in [6.45, 7) is 1.12. The number of hydroxylamine groups is 1. The fraction of sp³-hybridized carbons (Fsp3) is 0.176. The summed E-state index contributed by atoms with van der Waals surface area (Å²) in [5, 5.41) is 9.37. The Kier molecular flexibility index (Phi) is 4.07. The van der Waals surface area contributed by atoms with Crippen molar-refractivity contribution < 1.29 is 14.7 Å². The maximum absolute atomic E-state index is 9.37. The van der Waals surface area contributed by atoms with E-state index in [1.54, 1.807) is 0 Å². The standard InChI is InChI=1S/C17H17NO3/c19-18-15(8-6-13-4-2-1-3-5-13)14-7-9-16-17(12-14)21-11-10-20-16/h1-5,7-9,12,18-19H,6,10-11H2/b15-8+. The Morgan fingerprint density at radius 1 is 1.05 bits per heavy atom. The van der Waals surface area contributed by atoms with Crippen molar-refractivity contribution in [3.8, 4) is 11.5 Å². The minimum atomic E-state index is 0.548. The van der Waals surface area contributed by atoms with E-state index in [9.17, 15) is 5.21 Å². The molecule has 4 nitrogen and oxygen atoms in total. The maximum atomic E-state index is 9.37. The van der Waals surface area contributed by atoms with Crippen molar-refractivity contribution in [2.24, 2.45) is 0 Å². The lowest BCUT2D eigenvalue weighted by atomic mass is 10.1. The van der Waals surface area contributed by atoms with Crippen LogP contribution in [0.2, 0.25) is 0 Å². The first-order valence-corrected chi connectivity index (χ1v) is 6.91. The molecule has 0 aliphatic carbocycles. The average molecular weight is 283 g/mol. The fourth-order valence-corrected chi connectivity index (χ4v) is 2.27. The van der Waals surface area contributed by atoms with Crippen molar-refractivity contribution in [1.82, 2.24) is 5.48 Å². The van der Waals surface area contributed by atoms with Gasteiger partial charge in [-0.15, -0.1) is 0 Å². The number of fused-ring (bicyclic) bond motifs is 1. The lowest BCUT2D eigenvalue weighted by Gasteiger charge is -2.19. The van der Waals surface area contributed by atoms with E-state index in [1.165, 1.54) is 5.56 Å². The van der Waals surface area contributed by atoms with Crippen LogP contribution in [-0.4, -0.2) is 18.4 Å². The second-order valence-electron chi connectivity index (χ2n) is 4.78. The van der Waals surface area contributed by atoms with E-state index in [0.717, 1.165) is 17.7 Å². The van der Waals surface area contributed by atoms with Crippen molar-refractivity contribution >= 4 is 5.70 Å². The first-order valence-electron chi connectivity index (χ1n) is 6.91. The van der Waals surface area contributed by atoms with E-state index in [-0.39, 0.29) is 0 Å². The average Bonchev–Trinajstić information content (AvgIpc) is 2.56. The van der Waals surface area contributed by atoms with Crippen LogP contribution in [0.1, 0.15) is 11.1 Å². The lowest BCUT2D eigenvalue weighted by Crippen LogP contribution is -2.15. The zero-order valence-corrected chi connectivity index (χ0v) is 11.6. The summed E-state index contributed by atoms with van der Waals surface area (Å²) in [5.41, 5.74) is 4.95. The van der Waals surface area contributed by atoms with Crippen LogP contribution in [0.4, 0.5) is 0 Å². The first kappa shape index (κ1) is 13.5. The van der Waals surface area contributed by atoms with Gasteiger partial charge in [-0.2, -0.15) is 0 Å². The Labute approximate surface area is 123 Å². The lowest BCUT2D eigenvalue weighted by molar-refractivity contribution is 0.171. The van der Waals surface area contributed by atoms with E-state index < -0.39 is 0 Å². The highest BCUT2D eigenvalue weighted by atomic mass is 16.6. The molecule has 0 amide bonds. The summed E-state index contributed by atoms with van der Waals surface area (Å²) >= 11 is 0. The van der Waals surface area contributed by atoms with Crippen LogP contribution in [0, 0.1) is 0 Å². The molecule has 0 spiro atoms. The molecule has 0 bridgehead atoms. The second kappa shape index (κ2) is 6.33. The quantitative estimate of drug-likeness (QED) is 0.847. The first-order chi connectivity index (χ1) is 10.4. The van der Waals surface area contributed by atoms with E-state index in [4.69, 9.17) is 9.47 Å². The van der Waals surface area contributed by atoms with Gasteiger partial charge in [0.25, 0.3) is 0 Å². The van der Waals surface area contributed by atoms with Crippen LogP contribution in [0.25, 0.3) is 5.70 Å². The van der Waals surface area contributed by atoms with Crippen molar-refractivity contribution in [2.45, 2.75) is 6.42 Å². The molecule has 2 aromatic carbocycles. The van der Waals surface area contributed by atoms with Crippen LogP contribution in [0.5, 0.6) is 11.5 Å². The number of hydrogen-bond acceptors (Lipinski definition) is 4. The Bertz CT molecular complexity index is 638. The van der Waals surface area contributed by atoms with E-state index in [2.05, 4.69) is 17.6 Å². The highest BCUT2D eigenvalue weighted by Crippen LogP contribution is 2.32. The predicted molar refractivity (Wildman–Crippen MR) is 80.5 cm³/mol. The Hall–Kier alpha value is -2.46. The second-order valence-corrected chi connectivity index (χ2v) is 4.78. The number of ether oxygens (including phenoxy) is 2. The van der Waals surface area contributed by atoms with Crippen LogP contribution in [0.3, 0.4) is 0 Å². The predicted octanol–water partition coefficient (Wildman–Crippen LogP) is 3.02. The van der Waals surface area contributed by atoms with Gasteiger partial charge in [0, 0.05) is 5.56 Å². The summed E-state index contributed by atoms with van der Waals surface area (Å²) in [6.07, 6.45) is 2.68. The molecule has 0 saturated carbocycles. The minimum absolute atomic E-state index is 0.548. The monoisotopic (exact) mass is 283 g/mol. The van der Waals surface area contributed by atoms with E-state index in [0.29, 0.717) is 24.7 Å². The zero-order valence-electron chi connectivity index (χ0n) is 11.6. The third-order valence-corrected chi connectivity index (χ3v) is 3.36. The molecule has 0 atom stereocenters. The Morgan fingerprint density at radius 2 is 1.81 bits per heavy atom. The SMILES string of the molecule is ON/C(=C/Cc1ccccc1)c1ccc2c(c1)OCCO2. The third kappa shape index (κ3) is 3.17. The third-order valence-electron chi connectivity index (χ3n) is 3.36. The summed E-state index contributed by atoms with van der Waals surface area (Å²) in [6, 6.07) is 15.7. The normalized spacial score (nSPS) is 13.9. The molecule has 0 aromatic heterocycles. The van der Waals surface area contributed by atoms with Crippen molar-refractivity contribution in [3.63, 3.8) is 0 Å². The Balaban J connectivity index is 1.82. The van der Waals surface area contributed by atoms with Gasteiger partial charge >= 0.3 is 0 Å². The highest BCUT2D eigenvalue weighted by Gasteiger charge is 2.13. The molecule has 1 aliphatic rings. The number of allylic oxidation sites excluding steroid dienone is 1. The summed E-state index contributed by atoms with van der Waals surface area (Å²) < 4.78 is 11.1. The van der Waals surface area contributed by atoms with Gasteiger partial charge in [0.15, 0.2) is 11.5 Å². The van der Waals surface area contributed by atoms with E-state index >= 15 is 0 Å². The van der Waals surface area contributed by atoms with Gasteiger partial charge in [0.1, 0.15) is 13.2 Å². The van der Waals surface area contributed by atoms with Crippen LogP contribution in [0.15, 0.2) is 54.6 Å². The van der Waals surface area contributed by atoms with Gasteiger partial charge in [-0.3, -0.25) is 10.7 Å². The van der Waals surface area contributed by atoms with Crippen molar-refractivity contribution in [3.05, 3.63) is 65.7 Å². The molecular formula is C17H17NO3. The zero-order chi connectivity index (χ0) is 14.5. The van der Waals surface area contributed by atoms with Crippen LogP contribution in [-0.2, 0) is 6.42 Å². The van der Waals surface area contributed by atoms with E-state index in [1.807, 2.05) is 42.5 Å². The molecule has 1 aliphatic heterocycles. The number of hydrogen-bond donors (Lipinski definition) is 2. The van der Waals surface area contributed by atoms with Crippen LogP contribution < -0.4 is 15.0 Å². The molecule has 1 heterocycles. The van der Waals surface area contributed by atoms with Gasteiger partial charge in [-0.1, -0.05) is 36.4 Å². The minimum Gasteiger partial charge on any atom is -0.486 e. The molecule has 4 heteroatoms. The number of nitrogens with one attached hydrogen (secondary N) is 1. The number of benzene rings is 2. The summed E-state index contributed by atoms with van der Waals surface area (Å²) in [4.78, 5) is 0. The van der Waals surface area contributed by atoms with Crippen molar-refractivity contribution in [1.29, 1.82) is 0 Å². The summed E-state index contributed by atoms with van der Waals surface area (Å²) in [7, 11) is 0. The molecule has 0 saturated heterocycles. The molecular weight excluding hydrogens is 266 g/mol. The largest absolute Gasteiger partial charge is 0.486 e. The van der Waals surface area contributed by atoms with Crippen LogP contribution >= 0.6 is 0 Å². The van der Waals surface area contributed by atoms with Gasteiger partial charge in [0.05, 0.1) is 5.70 Å². The highest BCUT2D eigenvalue weighted by molar-refractivity contribution is 5.66. The summed E-state index contributed by atoms with van der Waals surface area (Å²) in [5.74, 6) is 1.45. The Morgan fingerprint density at radius 3 is 2.57 bits per heavy atom. The molecule has 108 valence electrons. The topological polar surface area (TPSA) is 50.7 Å². The maximum Gasteiger partial charge on any atom is 0.162 e. The van der Waals surface area contributed by atoms with Gasteiger partial charge in [0.2, 0.25) is 0 Å². The van der Waals surface area contributed by atoms with Gasteiger partial charge in [-0.05, 0) is 30.2 Å². The molecule has 21 heavy (non-hydrogen) atoms. The number of rotatable bonds is 4. The molecule has 0 unspecified atom stereocenters. The molecule has 2 aromatic rings. The smallest absolute Gasteiger partial charge is 0.162 e. The molecule has 2 N–H and O–H groups in total.